The number of carbonyl (C=O) groups is 1. The van der Waals surface area contributed by atoms with Crippen molar-refractivity contribution in [1.82, 2.24) is 19.6 Å². The zero-order valence-corrected chi connectivity index (χ0v) is 18.1. The molecule has 30 heavy (non-hydrogen) atoms. The lowest BCUT2D eigenvalue weighted by Crippen LogP contribution is -2.33. The molecule has 0 N–H and O–H groups in total. The molecule has 2 saturated heterocycles. The molecule has 2 aliphatic rings. The van der Waals surface area contributed by atoms with Crippen LogP contribution in [0, 0.1) is 18.8 Å². The summed E-state index contributed by atoms with van der Waals surface area (Å²) in [6, 6.07) is 18.7. The van der Waals surface area contributed by atoms with Gasteiger partial charge in [-0.2, -0.15) is 5.10 Å². The summed E-state index contributed by atoms with van der Waals surface area (Å²) in [6.07, 6.45) is 3.64. The third kappa shape index (κ3) is 3.53. The minimum Gasteiger partial charge on any atom is -0.338 e. The molecule has 3 aromatic rings. The number of benzene rings is 2. The van der Waals surface area contributed by atoms with Crippen LogP contribution in [-0.4, -0.2) is 52.2 Å². The van der Waals surface area contributed by atoms with Gasteiger partial charge >= 0.3 is 0 Å². The third-order valence-electron chi connectivity index (χ3n) is 6.55. The highest BCUT2D eigenvalue weighted by Crippen LogP contribution is 2.45. The van der Waals surface area contributed by atoms with Gasteiger partial charge in [-0.25, -0.2) is 4.68 Å². The van der Waals surface area contributed by atoms with Crippen molar-refractivity contribution in [3.8, 4) is 5.69 Å². The summed E-state index contributed by atoms with van der Waals surface area (Å²) < 4.78 is 1.79. The van der Waals surface area contributed by atoms with E-state index in [1.807, 2.05) is 36.5 Å². The van der Waals surface area contributed by atoms with Crippen LogP contribution in [0.3, 0.4) is 0 Å². The Morgan fingerprint density at radius 1 is 1.03 bits per heavy atom. The summed E-state index contributed by atoms with van der Waals surface area (Å²) in [5.41, 5.74) is 4.38. The van der Waals surface area contributed by atoms with E-state index >= 15 is 0 Å². The second-order valence-electron chi connectivity index (χ2n) is 8.38. The molecule has 6 heteroatoms. The van der Waals surface area contributed by atoms with Gasteiger partial charge in [0.15, 0.2) is 0 Å². The molecule has 0 radical (unpaired) electrons. The number of halogens is 1. The summed E-state index contributed by atoms with van der Waals surface area (Å²) in [7, 11) is 2.22. The molecule has 3 atom stereocenters. The molecule has 2 fully saturated rings. The number of likely N-dealkylation sites (tertiary alicyclic amines) is 2. The van der Waals surface area contributed by atoms with E-state index < -0.39 is 0 Å². The van der Waals surface area contributed by atoms with Gasteiger partial charge in [-0.05, 0) is 55.3 Å². The van der Waals surface area contributed by atoms with Gasteiger partial charge in [0, 0.05) is 49.6 Å². The van der Waals surface area contributed by atoms with Gasteiger partial charge in [0.1, 0.15) is 0 Å². The number of hydrogen-bond donors (Lipinski definition) is 0. The van der Waals surface area contributed by atoms with Gasteiger partial charge in [-0.3, -0.25) is 9.69 Å². The zero-order valence-electron chi connectivity index (χ0n) is 17.3. The van der Waals surface area contributed by atoms with Crippen molar-refractivity contribution in [2.24, 2.45) is 11.8 Å². The first-order valence-electron chi connectivity index (χ1n) is 10.3. The molecule has 1 amide bonds. The van der Waals surface area contributed by atoms with E-state index in [1.165, 1.54) is 11.1 Å². The average Bonchev–Trinajstić information content (AvgIpc) is 3.45. The maximum absolute atomic E-state index is 13.3. The van der Waals surface area contributed by atoms with E-state index in [0.29, 0.717) is 17.9 Å². The monoisotopic (exact) mass is 422 g/mol. The van der Waals surface area contributed by atoms with Crippen LogP contribution in [0.25, 0.3) is 5.69 Å². The normalized spacial score (nSPS) is 23.3. The number of amides is 1. The van der Waals surface area contributed by atoms with E-state index in [4.69, 9.17) is 0 Å². The third-order valence-corrected chi connectivity index (χ3v) is 6.55. The largest absolute Gasteiger partial charge is 0.338 e. The molecule has 0 bridgehead atoms. The molecular weight excluding hydrogens is 396 g/mol. The molecule has 0 saturated carbocycles. The Bertz CT molecular complexity index is 1040. The summed E-state index contributed by atoms with van der Waals surface area (Å²) in [6.45, 7) is 4.89. The average molecular weight is 423 g/mol. The van der Waals surface area contributed by atoms with Gasteiger partial charge in [-0.1, -0.05) is 30.3 Å². The highest BCUT2D eigenvalue weighted by Gasteiger charge is 2.47. The molecular formula is C24H27ClN4O. The lowest BCUT2D eigenvalue weighted by atomic mass is 9.88. The van der Waals surface area contributed by atoms with Crippen molar-refractivity contribution in [3.05, 3.63) is 83.7 Å². The summed E-state index contributed by atoms with van der Waals surface area (Å²) in [4.78, 5) is 17.8. The lowest BCUT2D eigenvalue weighted by Gasteiger charge is -2.28. The van der Waals surface area contributed by atoms with Crippen molar-refractivity contribution in [1.29, 1.82) is 0 Å². The first-order chi connectivity index (χ1) is 14.1. The van der Waals surface area contributed by atoms with Gasteiger partial charge in [0.2, 0.25) is 0 Å². The van der Waals surface area contributed by atoms with Crippen LogP contribution in [0.2, 0.25) is 0 Å². The van der Waals surface area contributed by atoms with Crippen molar-refractivity contribution >= 4 is 18.3 Å². The van der Waals surface area contributed by atoms with E-state index in [2.05, 4.69) is 53.1 Å². The van der Waals surface area contributed by atoms with Crippen LogP contribution in [0.1, 0.15) is 27.5 Å². The number of hydrogen-bond acceptors (Lipinski definition) is 3. The zero-order chi connectivity index (χ0) is 20.0. The molecule has 2 aliphatic heterocycles. The standard InChI is InChI=1S/C24H26N4O.ClH/c1-17-7-3-4-10-21(17)23-22-16-27(15-19(22)14-26(23)2)24(29)18-8-5-9-20(13-18)28-12-6-11-25-28;/h3-13,19,22-23H,14-16H2,1-2H3;1H/t19-,22+,23-;/m0./s1. The van der Waals surface area contributed by atoms with E-state index in [-0.39, 0.29) is 18.3 Å². The number of fused-ring (bicyclic) bond motifs is 1. The Kier molecular flexibility index (Phi) is 5.67. The smallest absolute Gasteiger partial charge is 0.253 e. The minimum absolute atomic E-state index is 0. The molecule has 0 aliphatic carbocycles. The van der Waals surface area contributed by atoms with Crippen LogP contribution in [0.5, 0.6) is 0 Å². The molecule has 1 aromatic heterocycles. The van der Waals surface area contributed by atoms with Crippen molar-refractivity contribution < 1.29 is 4.79 Å². The van der Waals surface area contributed by atoms with Gasteiger partial charge in [0.25, 0.3) is 5.91 Å². The van der Waals surface area contributed by atoms with Crippen molar-refractivity contribution in [2.75, 3.05) is 26.7 Å². The summed E-state index contributed by atoms with van der Waals surface area (Å²) >= 11 is 0. The number of nitrogens with zero attached hydrogens (tertiary/aromatic N) is 4. The topological polar surface area (TPSA) is 41.4 Å². The van der Waals surface area contributed by atoms with E-state index in [9.17, 15) is 4.79 Å². The summed E-state index contributed by atoms with van der Waals surface area (Å²) in [5, 5.41) is 4.28. The SMILES string of the molecule is Cc1ccccc1[C@H]1[C@@H]2CN(C(=O)c3cccc(-n4cccn4)c3)C[C@@H]2CN1C.Cl. The van der Waals surface area contributed by atoms with E-state index in [1.54, 1.807) is 10.9 Å². The van der Waals surface area contributed by atoms with E-state index in [0.717, 1.165) is 30.9 Å². The Balaban J connectivity index is 0.00000218. The fraction of sp³-hybridized carbons (Fsp3) is 0.333. The van der Waals surface area contributed by atoms with Crippen molar-refractivity contribution in [2.45, 2.75) is 13.0 Å². The van der Waals surface area contributed by atoms with Crippen LogP contribution < -0.4 is 0 Å². The van der Waals surface area contributed by atoms with Gasteiger partial charge < -0.3 is 4.90 Å². The maximum Gasteiger partial charge on any atom is 0.253 e. The second-order valence-corrected chi connectivity index (χ2v) is 8.38. The number of aryl methyl sites for hydroxylation is 1. The Labute approximate surface area is 183 Å². The molecule has 3 heterocycles. The molecule has 0 spiro atoms. The molecule has 0 unspecified atom stereocenters. The van der Waals surface area contributed by atoms with Crippen LogP contribution >= 0.6 is 12.4 Å². The molecule has 5 rings (SSSR count). The number of rotatable bonds is 3. The predicted molar refractivity (Wildman–Crippen MR) is 120 cm³/mol. The first kappa shape index (κ1) is 20.6. The van der Waals surface area contributed by atoms with Crippen molar-refractivity contribution in [3.63, 3.8) is 0 Å². The minimum atomic E-state index is 0. The van der Waals surface area contributed by atoms with Crippen LogP contribution in [0.4, 0.5) is 0 Å². The van der Waals surface area contributed by atoms with Gasteiger partial charge in [-0.15, -0.1) is 12.4 Å². The quantitative estimate of drug-likeness (QED) is 0.641. The molecule has 5 nitrogen and oxygen atoms in total. The first-order valence-corrected chi connectivity index (χ1v) is 10.3. The molecule has 2 aromatic carbocycles. The predicted octanol–water partition coefficient (Wildman–Crippen LogP) is 3.98. The fourth-order valence-corrected chi connectivity index (χ4v) is 5.20. The summed E-state index contributed by atoms with van der Waals surface area (Å²) in [5.74, 6) is 1.14. The maximum atomic E-state index is 13.3. The van der Waals surface area contributed by atoms with Crippen LogP contribution in [-0.2, 0) is 0 Å². The Hall–Kier alpha value is -2.63. The van der Waals surface area contributed by atoms with Gasteiger partial charge in [0.05, 0.1) is 5.69 Å². The number of aromatic nitrogens is 2. The lowest BCUT2D eigenvalue weighted by molar-refractivity contribution is 0.0768. The van der Waals surface area contributed by atoms with Crippen LogP contribution in [0.15, 0.2) is 67.0 Å². The highest BCUT2D eigenvalue weighted by molar-refractivity contribution is 5.95. The molecule has 156 valence electrons. The number of carbonyl (C=O) groups excluding carboxylic acids is 1. The second kappa shape index (κ2) is 8.25. The highest BCUT2D eigenvalue weighted by atomic mass is 35.5. The Morgan fingerprint density at radius 3 is 2.63 bits per heavy atom. The fourth-order valence-electron chi connectivity index (χ4n) is 5.20. The Morgan fingerprint density at radius 2 is 1.87 bits per heavy atom.